The van der Waals surface area contributed by atoms with Crippen LogP contribution < -0.4 is 15.6 Å². The van der Waals surface area contributed by atoms with E-state index < -0.39 is 112 Å². The number of hydrogen-bond donors (Lipinski definition) is 2. The summed E-state index contributed by atoms with van der Waals surface area (Å²) in [5.41, 5.74) is -2.37. The summed E-state index contributed by atoms with van der Waals surface area (Å²) >= 11 is 10.2. The van der Waals surface area contributed by atoms with E-state index in [1.807, 2.05) is 13.8 Å². The Balaban J connectivity index is 1.23. The Hall–Kier alpha value is -5.24. The van der Waals surface area contributed by atoms with Crippen molar-refractivity contribution in [3.05, 3.63) is 103 Å². The van der Waals surface area contributed by atoms with Gasteiger partial charge in [-0.05, 0) is 80.5 Å². The van der Waals surface area contributed by atoms with Crippen LogP contribution in [-0.2, 0) is 51.5 Å². The van der Waals surface area contributed by atoms with Crippen LogP contribution in [0, 0.1) is 17.6 Å². The number of hydrogen-bond acceptors (Lipinski definition) is 10. The Morgan fingerprint density at radius 2 is 1.66 bits per heavy atom. The summed E-state index contributed by atoms with van der Waals surface area (Å²) in [7, 11) is -4.01. The van der Waals surface area contributed by atoms with Crippen molar-refractivity contribution in [1.82, 2.24) is 44.3 Å². The summed E-state index contributed by atoms with van der Waals surface area (Å²) in [6, 6.07) is 5.35. The van der Waals surface area contributed by atoms with Crippen LogP contribution in [0.3, 0.4) is 0 Å². The van der Waals surface area contributed by atoms with Crippen LogP contribution >= 0.6 is 27.5 Å². The first-order chi connectivity index (χ1) is 34.9. The van der Waals surface area contributed by atoms with Crippen molar-refractivity contribution in [2.45, 2.75) is 120 Å². The predicted molar refractivity (Wildman–Crippen MR) is 260 cm³/mol. The van der Waals surface area contributed by atoms with Gasteiger partial charge in [-0.2, -0.15) is 19.0 Å². The molecule has 4 aromatic heterocycles. The number of carbonyl (C=O) groups excluding carboxylic acids is 1. The molecule has 5 heterocycles. The fraction of sp³-hybridized carbons (Fsp3) is 0.500. The van der Waals surface area contributed by atoms with Gasteiger partial charge in [0, 0.05) is 73.4 Å². The van der Waals surface area contributed by atoms with Gasteiger partial charge in [0.1, 0.15) is 35.4 Å². The fourth-order valence-corrected chi connectivity index (χ4v) is 12.2. The van der Waals surface area contributed by atoms with E-state index >= 15 is 22.4 Å². The molecule has 3 fully saturated rings. The molecule has 6 aromatic rings. The van der Waals surface area contributed by atoms with Crippen molar-refractivity contribution in [2.24, 2.45) is 5.92 Å². The zero-order valence-electron chi connectivity index (χ0n) is 39.8. The number of nitrogens with one attached hydrogen (secondary N) is 2. The third-order valence-corrected chi connectivity index (χ3v) is 15.3. The molecule has 0 bridgehead atoms. The molecule has 1 saturated heterocycles. The number of alkyl halides is 7. The third-order valence-electron chi connectivity index (χ3n) is 14.1. The molecule has 15 nitrogen and oxygen atoms in total. The van der Waals surface area contributed by atoms with E-state index in [2.05, 4.69) is 41.1 Å². The van der Waals surface area contributed by atoms with Gasteiger partial charge < -0.3 is 10.1 Å². The van der Waals surface area contributed by atoms with E-state index in [1.54, 1.807) is 6.07 Å². The Bertz CT molecular complexity index is 3370. The van der Waals surface area contributed by atoms with E-state index in [1.165, 1.54) is 16.8 Å². The molecule has 1 amide bonds. The van der Waals surface area contributed by atoms with Gasteiger partial charge in [-0.25, -0.2) is 44.7 Å². The van der Waals surface area contributed by atoms with Crippen LogP contribution in [0.4, 0.5) is 40.9 Å². The van der Waals surface area contributed by atoms with Gasteiger partial charge in [-0.3, -0.25) is 33.1 Å². The number of morpholine rings is 1. The van der Waals surface area contributed by atoms with E-state index in [4.69, 9.17) is 26.3 Å². The molecule has 4 aliphatic rings. The first-order valence-electron chi connectivity index (χ1n) is 23.9. The highest BCUT2D eigenvalue weighted by molar-refractivity contribution is 9.09. The summed E-state index contributed by atoms with van der Waals surface area (Å²) in [5, 5.41) is 11.2. The second-order valence-corrected chi connectivity index (χ2v) is 22.8. The number of rotatable bonds is 15. The van der Waals surface area contributed by atoms with Gasteiger partial charge in [0.25, 0.3) is 17.9 Å². The maximum Gasteiger partial charge on any atom is 0.293 e. The highest BCUT2D eigenvalue weighted by Gasteiger charge is 2.67. The van der Waals surface area contributed by atoms with Crippen molar-refractivity contribution in [1.29, 1.82) is 0 Å². The van der Waals surface area contributed by atoms with E-state index in [0.29, 0.717) is 35.1 Å². The molecule has 10 rings (SSSR count). The molecule has 26 heteroatoms. The van der Waals surface area contributed by atoms with Crippen LogP contribution in [0.5, 0.6) is 0 Å². The minimum absolute atomic E-state index is 0.0101. The predicted octanol–water partition coefficient (Wildman–Crippen LogP) is 9.17. The lowest BCUT2D eigenvalue weighted by Crippen LogP contribution is -2.45. The van der Waals surface area contributed by atoms with Crippen LogP contribution in [0.15, 0.2) is 41.2 Å². The third kappa shape index (κ3) is 10.0. The number of pyridine rings is 1. The number of sulfonamides is 1. The van der Waals surface area contributed by atoms with Crippen molar-refractivity contribution in [3.8, 4) is 5.69 Å². The average Bonchev–Trinajstić information content (AvgIpc) is 3.82. The lowest BCUT2D eigenvalue weighted by atomic mass is 9.84. The summed E-state index contributed by atoms with van der Waals surface area (Å²) in [6.45, 7) is 3.77. The number of halogens is 10. The molecule has 74 heavy (non-hydrogen) atoms. The summed E-state index contributed by atoms with van der Waals surface area (Å²) in [5.74, 6) is -12.9. The lowest BCUT2D eigenvalue weighted by Gasteiger charge is -2.35. The lowest BCUT2D eigenvalue weighted by molar-refractivity contribution is -0.123. The number of nitrogens with zero attached hydrogens (tertiary/aromatic N) is 8. The van der Waals surface area contributed by atoms with Crippen LogP contribution in [0.1, 0.15) is 110 Å². The molecule has 2 saturated carbocycles. The highest BCUT2D eigenvalue weighted by Crippen LogP contribution is 2.68. The molecule has 1 aliphatic heterocycles. The Morgan fingerprint density at radius 3 is 2.31 bits per heavy atom. The Labute approximate surface area is 431 Å². The number of benzene rings is 2. The van der Waals surface area contributed by atoms with E-state index in [9.17, 15) is 30.8 Å². The number of aromatic nitrogens is 7. The first kappa shape index (κ1) is 52.2. The van der Waals surface area contributed by atoms with Gasteiger partial charge in [0.2, 0.25) is 21.9 Å². The van der Waals surface area contributed by atoms with Crippen molar-refractivity contribution in [2.75, 3.05) is 29.4 Å². The van der Waals surface area contributed by atoms with Gasteiger partial charge in [0.05, 0.1) is 58.0 Å². The Morgan fingerprint density at radius 1 is 0.973 bits per heavy atom. The van der Waals surface area contributed by atoms with Gasteiger partial charge in [-0.15, -0.1) is 0 Å². The van der Waals surface area contributed by atoms with Crippen molar-refractivity contribution < 1.29 is 53.1 Å². The zero-order valence-corrected chi connectivity index (χ0v) is 43.0. The average molecular weight is 1140 g/mol. The van der Waals surface area contributed by atoms with E-state index in [0.717, 1.165) is 23.0 Å². The van der Waals surface area contributed by atoms with Crippen LogP contribution in [0.2, 0.25) is 5.02 Å². The molecule has 2 N–H and O–H groups in total. The number of amides is 1. The minimum atomic E-state index is -4.01. The van der Waals surface area contributed by atoms with Gasteiger partial charge in [0.15, 0.2) is 11.5 Å². The molecule has 396 valence electrons. The SMILES string of the molecule is C[C@@H]1CN(Cc2cc(C3CCC(F)(F)CC3)nc3nc([C@H](Cc4cc(F)cc(F)c4)NC(=O)Cn4nc(C(F)F)c5c4C(F)(F)[C@@H]4C[C@H]54)n(-c4ccc(Cl)c5c(NS(C)(=O)=O)nn(CCBr)c45)c(=O)c23)C[C@H](C)O1. The molecular weight excluding hydrogens is 1100 g/mol. The van der Waals surface area contributed by atoms with Gasteiger partial charge >= 0.3 is 0 Å². The van der Waals surface area contributed by atoms with Crippen LogP contribution in [-0.4, -0.2) is 96.1 Å². The molecular formula is C48H48BrClF8N10O5S. The number of anilines is 1. The second-order valence-electron chi connectivity index (χ2n) is 19.8. The number of aryl methyl sites for hydroxylation is 1. The van der Waals surface area contributed by atoms with Crippen molar-refractivity contribution >= 4 is 71.2 Å². The molecule has 0 radical (unpaired) electrons. The summed E-state index contributed by atoms with van der Waals surface area (Å²) < 4.78 is 157. The maximum absolute atomic E-state index is 16.0. The van der Waals surface area contributed by atoms with Gasteiger partial charge in [-0.1, -0.05) is 27.5 Å². The zero-order chi connectivity index (χ0) is 52.9. The molecule has 5 atom stereocenters. The smallest absolute Gasteiger partial charge is 0.293 e. The maximum atomic E-state index is 16.0. The van der Waals surface area contributed by atoms with Crippen LogP contribution in [0.25, 0.3) is 27.6 Å². The Kier molecular flexibility index (Phi) is 13.7. The molecule has 0 unspecified atom stereocenters. The normalized spacial score (nSPS) is 22.1. The standard InChI is InChI=1S/C48H48BrClF8N10O5S/c1-22-18-65(19-23(2)73-22)20-26-15-32(25-6-8-47(55,56)9-7-25)60-43-36(26)46(70)68(34-5-4-31(50)38-40(34)66(11-10-49)63-44(38)64-74(3,71)72)45(61-43)33(14-24-12-27(51)16-28(52)13-24)59-35(69)21-67-41-37(39(62-67)42(53)54)29-17-30(29)48(41,57)58/h4-5,12-13,15-16,22-23,25,29-30,33,42H,6-11,14,17-21H2,1-3H3,(H,59,69)(H,63,64)/t22-,23+,29-,30+,33-/m0/s1. The fourth-order valence-electron chi connectivity index (χ4n) is 11.1. The monoisotopic (exact) mass is 1140 g/mol. The molecule has 0 spiro atoms. The largest absolute Gasteiger partial charge is 0.373 e. The minimum Gasteiger partial charge on any atom is -0.373 e. The number of fused-ring (bicyclic) bond motifs is 5. The summed E-state index contributed by atoms with van der Waals surface area (Å²) in [4.78, 5) is 42.5. The quantitative estimate of drug-likeness (QED) is 0.0747. The topological polar surface area (TPSA) is 171 Å². The summed E-state index contributed by atoms with van der Waals surface area (Å²) in [6.07, 6.45) is -4.17. The molecule has 3 aliphatic carbocycles. The van der Waals surface area contributed by atoms with E-state index in [-0.39, 0.29) is 105 Å². The second kappa shape index (κ2) is 19.4. The molecule has 2 aromatic carbocycles. The first-order valence-corrected chi connectivity index (χ1v) is 27.2. The number of carbonyl (C=O) groups is 1. The highest BCUT2D eigenvalue weighted by atomic mass is 79.9. The number of ether oxygens (including phenoxy) is 1. The van der Waals surface area contributed by atoms with Crippen molar-refractivity contribution in [3.63, 3.8) is 0 Å².